The molecule has 0 aliphatic carbocycles. The summed E-state index contributed by atoms with van der Waals surface area (Å²) in [6.45, 7) is 1.71. The average Bonchev–Trinajstić information content (AvgIpc) is 2.99. The molecule has 1 spiro atoms. The van der Waals surface area contributed by atoms with E-state index in [1.54, 1.807) is 23.8 Å². The van der Waals surface area contributed by atoms with E-state index < -0.39 is 11.5 Å². The summed E-state index contributed by atoms with van der Waals surface area (Å²) < 4.78 is 0. The summed E-state index contributed by atoms with van der Waals surface area (Å²) in [5, 5.41) is 19.9. The predicted molar refractivity (Wildman–Crippen MR) is 96.6 cm³/mol. The minimum atomic E-state index is -0.738. The van der Waals surface area contributed by atoms with Crippen molar-refractivity contribution >= 4 is 18.0 Å². The van der Waals surface area contributed by atoms with Crippen LogP contribution in [0.3, 0.4) is 0 Å². The zero-order chi connectivity index (χ0) is 18.6. The van der Waals surface area contributed by atoms with Crippen molar-refractivity contribution in [2.45, 2.75) is 49.8 Å². The normalized spacial score (nSPS) is 36.5. The standard InChI is InChI=1S/C20H26N2O4/c1-12(25)7-13-8-18-20(9-17(14(13)10-23)22(18)11-24)15-5-3-4-6-16(15)21(2)19(20)26/h3-6,11-14,17-18,23,25H,7-10H2,1-2H3/t12-,13+,14+,17-,18-,20-/m0/s1. The van der Waals surface area contributed by atoms with Crippen LogP contribution in [0.25, 0.3) is 0 Å². The van der Waals surface area contributed by atoms with Crippen molar-refractivity contribution in [3.05, 3.63) is 29.8 Å². The van der Waals surface area contributed by atoms with Gasteiger partial charge < -0.3 is 20.0 Å². The lowest BCUT2D eigenvalue weighted by Gasteiger charge is -2.44. The van der Waals surface area contributed by atoms with Crippen molar-refractivity contribution in [3.8, 4) is 0 Å². The Morgan fingerprint density at radius 3 is 2.77 bits per heavy atom. The summed E-state index contributed by atoms with van der Waals surface area (Å²) in [5.74, 6) is 0.0140. The quantitative estimate of drug-likeness (QED) is 0.784. The fourth-order valence-electron chi connectivity index (χ4n) is 5.85. The molecule has 4 rings (SSSR count). The lowest BCUT2D eigenvalue weighted by Crippen LogP contribution is -2.54. The van der Waals surface area contributed by atoms with Gasteiger partial charge in [0.25, 0.3) is 0 Å². The Bertz CT molecular complexity index is 736. The van der Waals surface area contributed by atoms with Gasteiger partial charge in [-0.25, -0.2) is 0 Å². The van der Waals surface area contributed by atoms with Gasteiger partial charge in [0, 0.05) is 31.3 Å². The maximum absolute atomic E-state index is 13.4. The molecule has 3 heterocycles. The summed E-state index contributed by atoms with van der Waals surface area (Å²) in [6, 6.07) is 7.41. The average molecular weight is 358 g/mol. The molecule has 6 nitrogen and oxygen atoms in total. The monoisotopic (exact) mass is 358 g/mol. The van der Waals surface area contributed by atoms with Gasteiger partial charge >= 0.3 is 0 Å². The SMILES string of the molecule is C[C@H](O)C[C@@H]1C[C@@H]2N(C=O)[C@@H](C[C@@]23C(=O)N(C)c2ccccc23)[C@@H]1CO. The molecule has 2 bridgehead atoms. The number of para-hydroxylation sites is 1. The van der Waals surface area contributed by atoms with Crippen LogP contribution in [0.15, 0.2) is 24.3 Å². The smallest absolute Gasteiger partial charge is 0.239 e. The number of nitrogens with zero attached hydrogens (tertiary/aromatic N) is 2. The van der Waals surface area contributed by atoms with Gasteiger partial charge in [-0.1, -0.05) is 18.2 Å². The number of benzene rings is 1. The van der Waals surface area contributed by atoms with E-state index in [0.29, 0.717) is 19.3 Å². The molecule has 1 aromatic rings. The predicted octanol–water partition coefficient (Wildman–Crippen LogP) is 0.899. The van der Waals surface area contributed by atoms with E-state index in [2.05, 4.69) is 0 Å². The summed E-state index contributed by atoms with van der Waals surface area (Å²) in [6.07, 6.45) is 2.12. The summed E-state index contributed by atoms with van der Waals surface area (Å²) >= 11 is 0. The van der Waals surface area contributed by atoms with Crippen molar-refractivity contribution in [1.82, 2.24) is 4.90 Å². The summed E-state index contributed by atoms with van der Waals surface area (Å²) in [7, 11) is 1.79. The molecule has 2 fully saturated rings. The highest BCUT2D eigenvalue weighted by molar-refractivity contribution is 6.09. The number of aliphatic hydroxyl groups is 2. The number of hydrogen-bond acceptors (Lipinski definition) is 4. The third kappa shape index (κ3) is 2.12. The molecule has 6 atom stereocenters. The number of likely N-dealkylation sites (N-methyl/N-ethyl adjacent to an activating group) is 1. The number of hydrogen-bond donors (Lipinski definition) is 2. The minimum Gasteiger partial charge on any atom is -0.396 e. The maximum atomic E-state index is 13.4. The Balaban J connectivity index is 1.83. The van der Waals surface area contributed by atoms with E-state index in [4.69, 9.17) is 0 Å². The second-order valence-electron chi connectivity index (χ2n) is 8.12. The molecule has 1 aromatic carbocycles. The first kappa shape index (κ1) is 17.5. The van der Waals surface area contributed by atoms with Crippen LogP contribution in [0.5, 0.6) is 0 Å². The van der Waals surface area contributed by atoms with E-state index >= 15 is 0 Å². The molecule has 2 N–H and O–H groups in total. The molecule has 3 aliphatic heterocycles. The number of aliphatic hydroxyl groups excluding tert-OH is 2. The Hall–Kier alpha value is -1.92. The number of carbonyl (C=O) groups is 2. The highest BCUT2D eigenvalue weighted by Crippen LogP contribution is 2.58. The molecular weight excluding hydrogens is 332 g/mol. The van der Waals surface area contributed by atoms with Crippen molar-refractivity contribution in [1.29, 1.82) is 0 Å². The first-order chi connectivity index (χ1) is 12.5. The van der Waals surface area contributed by atoms with Crippen LogP contribution in [0, 0.1) is 11.8 Å². The summed E-state index contributed by atoms with van der Waals surface area (Å²) in [4.78, 5) is 28.8. The zero-order valence-corrected chi connectivity index (χ0v) is 15.2. The van der Waals surface area contributed by atoms with Crippen LogP contribution in [-0.4, -0.2) is 59.3 Å². The van der Waals surface area contributed by atoms with E-state index in [1.807, 2.05) is 24.3 Å². The van der Waals surface area contributed by atoms with Gasteiger partial charge in [-0.2, -0.15) is 0 Å². The highest BCUT2D eigenvalue weighted by atomic mass is 16.3. The van der Waals surface area contributed by atoms with Gasteiger partial charge in [-0.3, -0.25) is 9.59 Å². The third-order valence-electron chi connectivity index (χ3n) is 6.88. The summed E-state index contributed by atoms with van der Waals surface area (Å²) in [5.41, 5.74) is 1.15. The molecule has 2 amide bonds. The van der Waals surface area contributed by atoms with Crippen molar-refractivity contribution in [2.75, 3.05) is 18.6 Å². The Morgan fingerprint density at radius 1 is 1.38 bits per heavy atom. The topological polar surface area (TPSA) is 81.1 Å². The lowest BCUT2D eigenvalue weighted by atomic mass is 9.72. The Kier molecular flexibility index (Phi) is 4.08. The molecule has 0 aromatic heterocycles. The number of piperidine rings is 1. The van der Waals surface area contributed by atoms with Gasteiger partial charge in [0.2, 0.25) is 12.3 Å². The van der Waals surface area contributed by atoms with Gasteiger partial charge in [0.15, 0.2) is 0 Å². The van der Waals surface area contributed by atoms with Crippen molar-refractivity contribution in [2.24, 2.45) is 11.8 Å². The zero-order valence-electron chi connectivity index (χ0n) is 15.2. The molecule has 0 unspecified atom stereocenters. The molecule has 26 heavy (non-hydrogen) atoms. The molecule has 2 saturated heterocycles. The van der Waals surface area contributed by atoms with E-state index in [-0.39, 0.29) is 36.4 Å². The van der Waals surface area contributed by atoms with Crippen LogP contribution in [-0.2, 0) is 15.0 Å². The lowest BCUT2D eigenvalue weighted by molar-refractivity contribution is -0.129. The molecule has 0 saturated carbocycles. The largest absolute Gasteiger partial charge is 0.396 e. The molecule has 140 valence electrons. The third-order valence-corrected chi connectivity index (χ3v) is 6.88. The Morgan fingerprint density at radius 2 is 2.12 bits per heavy atom. The number of amides is 2. The highest BCUT2D eigenvalue weighted by Gasteiger charge is 2.66. The number of anilines is 1. The van der Waals surface area contributed by atoms with Crippen molar-refractivity contribution < 1.29 is 19.8 Å². The van der Waals surface area contributed by atoms with Crippen LogP contribution in [0.2, 0.25) is 0 Å². The fraction of sp³-hybridized carbons (Fsp3) is 0.600. The fourth-order valence-corrected chi connectivity index (χ4v) is 5.85. The van der Waals surface area contributed by atoms with Gasteiger partial charge in [-0.05, 0) is 43.7 Å². The van der Waals surface area contributed by atoms with Crippen LogP contribution >= 0.6 is 0 Å². The van der Waals surface area contributed by atoms with E-state index in [0.717, 1.165) is 17.7 Å². The van der Waals surface area contributed by atoms with Crippen LogP contribution < -0.4 is 4.90 Å². The van der Waals surface area contributed by atoms with Gasteiger partial charge in [0.1, 0.15) is 0 Å². The molecule has 0 radical (unpaired) electrons. The van der Waals surface area contributed by atoms with Gasteiger partial charge in [0.05, 0.1) is 17.6 Å². The Labute approximate surface area is 153 Å². The number of fused-ring (bicyclic) bond motifs is 5. The maximum Gasteiger partial charge on any atom is 0.239 e. The van der Waals surface area contributed by atoms with E-state index in [1.165, 1.54) is 0 Å². The number of rotatable bonds is 4. The van der Waals surface area contributed by atoms with Crippen molar-refractivity contribution in [3.63, 3.8) is 0 Å². The second-order valence-corrected chi connectivity index (χ2v) is 8.12. The first-order valence-corrected chi connectivity index (χ1v) is 9.35. The van der Waals surface area contributed by atoms with Gasteiger partial charge in [-0.15, -0.1) is 0 Å². The molecule has 3 aliphatic rings. The second kappa shape index (κ2) is 6.06. The first-order valence-electron chi connectivity index (χ1n) is 9.35. The minimum absolute atomic E-state index is 0.0347. The van der Waals surface area contributed by atoms with Crippen LogP contribution in [0.4, 0.5) is 5.69 Å². The molecule has 6 heteroatoms. The molecular formula is C20H26N2O4. The van der Waals surface area contributed by atoms with Crippen LogP contribution in [0.1, 0.15) is 31.7 Å². The number of carbonyl (C=O) groups excluding carboxylic acids is 2. The van der Waals surface area contributed by atoms with E-state index in [9.17, 15) is 19.8 Å².